The van der Waals surface area contributed by atoms with Gasteiger partial charge in [0.1, 0.15) is 11.5 Å². The van der Waals surface area contributed by atoms with Crippen molar-refractivity contribution in [3.05, 3.63) is 38.7 Å². The normalized spacial score (nSPS) is 10.2. The van der Waals surface area contributed by atoms with E-state index in [0.717, 1.165) is 0 Å². The number of nitrogens with zero attached hydrogens (tertiary/aromatic N) is 1. The molecule has 0 fully saturated rings. The predicted molar refractivity (Wildman–Crippen MR) is 73.6 cm³/mol. The number of nitrogens with one attached hydrogen (secondary N) is 1. The van der Waals surface area contributed by atoms with Gasteiger partial charge in [0.25, 0.3) is 5.91 Å². The predicted octanol–water partition coefficient (Wildman–Crippen LogP) is 2.72. The molecule has 0 spiro atoms. The quantitative estimate of drug-likeness (QED) is 0.807. The van der Waals surface area contributed by atoms with Crippen molar-refractivity contribution < 1.29 is 9.18 Å². The van der Waals surface area contributed by atoms with Gasteiger partial charge in [-0.05, 0) is 34.7 Å². The Balaban J connectivity index is 2.21. The van der Waals surface area contributed by atoms with Gasteiger partial charge in [-0.1, -0.05) is 6.07 Å². The van der Waals surface area contributed by atoms with Crippen LogP contribution >= 0.6 is 33.9 Å². The highest BCUT2D eigenvalue weighted by molar-refractivity contribution is 14.1. The number of aromatic nitrogens is 1. The fourth-order valence-corrected chi connectivity index (χ4v) is 2.22. The number of hydrogen-bond acceptors (Lipinski definition) is 4. The Morgan fingerprint density at radius 3 is 2.94 bits per heavy atom. The Kier molecular flexibility index (Phi) is 3.57. The van der Waals surface area contributed by atoms with Gasteiger partial charge in [-0.3, -0.25) is 4.79 Å². The summed E-state index contributed by atoms with van der Waals surface area (Å²) in [4.78, 5) is 15.6. The molecule has 0 aliphatic carbocycles. The number of nitrogen functional groups attached to an aromatic ring is 1. The summed E-state index contributed by atoms with van der Waals surface area (Å²) in [5.74, 6) is -0.775. The van der Waals surface area contributed by atoms with Crippen LogP contribution in [-0.4, -0.2) is 10.9 Å². The van der Waals surface area contributed by atoms with E-state index >= 15 is 0 Å². The molecule has 4 nitrogen and oxygen atoms in total. The Morgan fingerprint density at radius 2 is 2.29 bits per heavy atom. The lowest BCUT2D eigenvalue weighted by Gasteiger charge is -2.06. The SMILES string of the molecule is Nc1nc(C(=O)Nc2cccc(F)c2I)cs1. The van der Waals surface area contributed by atoms with Crippen LogP contribution < -0.4 is 11.1 Å². The average Bonchev–Trinajstić information content (AvgIpc) is 2.72. The molecule has 2 rings (SSSR count). The molecule has 3 N–H and O–H groups in total. The van der Waals surface area contributed by atoms with Crippen LogP contribution in [0.2, 0.25) is 0 Å². The molecule has 1 amide bonds. The number of carbonyl (C=O) groups excluding carboxylic acids is 1. The molecule has 0 atom stereocenters. The molecule has 1 heterocycles. The zero-order valence-corrected chi connectivity index (χ0v) is 11.4. The number of benzene rings is 1. The lowest BCUT2D eigenvalue weighted by atomic mass is 10.3. The topological polar surface area (TPSA) is 68.0 Å². The van der Waals surface area contributed by atoms with E-state index in [-0.39, 0.29) is 11.5 Å². The van der Waals surface area contributed by atoms with Crippen molar-refractivity contribution in [3.63, 3.8) is 0 Å². The van der Waals surface area contributed by atoms with Crippen LogP contribution in [0.5, 0.6) is 0 Å². The number of halogens is 2. The first-order valence-corrected chi connectivity index (χ1v) is 6.50. The summed E-state index contributed by atoms with van der Waals surface area (Å²) in [6, 6.07) is 4.49. The second-order valence-electron chi connectivity index (χ2n) is 3.13. The van der Waals surface area contributed by atoms with E-state index in [1.165, 1.54) is 23.5 Å². The highest BCUT2D eigenvalue weighted by Crippen LogP contribution is 2.22. The Morgan fingerprint density at radius 1 is 1.53 bits per heavy atom. The third-order valence-corrected chi connectivity index (χ3v) is 3.72. The van der Waals surface area contributed by atoms with E-state index in [9.17, 15) is 9.18 Å². The van der Waals surface area contributed by atoms with Crippen molar-refractivity contribution >= 4 is 50.7 Å². The first-order chi connectivity index (χ1) is 8.08. The van der Waals surface area contributed by atoms with Gasteiger partial charge in [0.05, 0.1) is 9.26 Å². The molecule has 17 heavy (non-hydrogen) atoms. The van der Waals surface area contributed by atoms with Crippen LogP contribution in [0.1, 0.15) is 10.5 Å². The summed E-state index contributed by atoms with van der Waals surface area (Å²) in [5.41, 5.74) is 6.08. The maximum atomic E-state index is 13.2. The summed E-state index contributed by atoms with van der Waals surface area (Å²) in [6.07, 6.45) is 0. The highest BCUT2D eigenvalue weighted by Gasteiger charge is 2.12. The van der Waals surface area contributed by atoms with Crippen molar-refractivity contribution in [2.45, 2.75) is 0 Å². The lowest BCUT2D eigenvalue weighted by Crippen LogP contribution is -2.13. The number of amides is 1. The number of rotatable bonds is 2. The zero-order chi connectivity index (χ0) is 12.4. The summed E-state index contributed by atoms with van der Waals surface area (Å²) >= 11 is 3.01. The Hall–Kier alpha value is -1.22. The van der Waals surface area contributed by atoms with Crippen molar-refractivity contribution in [2.75, 3.05) is 11.1 Å². The molecule has 1 aromatic carbocycles. The standard InChI is InChI=1S/C10H7FIN3OS/c11-5-2-1-3-6(8(5)12)14-9(16)7-4-17-10(13)15-7/h1-4H,(H2,13,15)(H,14,16). The third kappa shape index (κ3) is 2.72. The maximum Gasteiger partial charge on any atom is 0.275 e. The van der Waals surface area contributed by atoms with Gasteiger partial charge in [-0.15, -0.1) is 11.3 Å². The number of thiazole rings is 1. The lowest BCUT2D eigenvalue weighted by molar-refractivity contribution is 0.102. The summed E-state index contributed by atoms with van der Waals surface area (Å²) in [6.45, 7) is 0. The van der Waals surface area contributed by atoms with Gasteiger partial charge in [0.15, 0.2) is 5.13 Å². The third-order valence-electron chi connectivity index (χ3n) is 1.95. The fraction of sp³-hybridized carbons (Fsp3) is 0. The Labute approximate surface area is 114 Å². The maximum absolute atomic E-state index is 13.2. The molecule has 0 bridgehead atoms. The van der Waals surface area contributed by atoms with Crippen LogP contribution in [-0.2, 0) is 0 Å². The molecule has 0 saturated carbocycles. The van der Waals surface area contributed by atoms with Gasteiger partial charge >= 0.3 is 0 Å². The van der Waals surface area contributed by atoms with E-state index in [1.54, 1.807) is 11.4 Å². The second kappa shape index (κ2) is 4.96. The van der Waals surface area contributed by atoms with Crippen LogP contribution in [0.3, 0.4) is 0 Å². The minimum atomic E-state index is -0.401. The zero-order valence-electron chi connectivity index (χ0n) is 8.41. The first kappa shape index (κ1) is 12.2. The number of anilines is 2. The number of carbonyl (C=O) groups is 1. The first-order valence-electron chi connectivity index (χ1n) is 4.54. The van der Waals surface area contributed by atoms with Gasteiger partial charge in [0, 0.05) is 5.38 Å². The highest BCUT2D eigenvalue weighted by atomic mass is 127. The monoisotopic (exact) mass is 363 g/mol. The molecule has 0 radical (unpaired) electrons. The smallest absolute Gasteiger partial charge is 0.275 e. The number of hydrogen-bond donors (Lipinski definition) is 2. The molecule has 2 aromatic rings. The van der Waals surface area contributed by atoms with E-state index in [4.69, 9.17) is 5.73 Å². The molecule has 88 valence electrons. The Bertz CT molecular complexity index is 572. The van der Waals surface area contributed by atoms with Crippen LogP contribution in [0, 0.1) is 9.39 Å². The van der Waals surface area contributed by atoms with Crippen molar-refractivity contribution in [1.29, 1.82) is 0 Å². The van der Waals surface area contributed by atoms with E-state index in [1.807, 2.05) is 22.6 Å². The number of nitrogens with two attached hydrogens (primary N) is 1. The van der Waals surface area contributed by atoms with Gasteiger partial charge in [0.2, 0.25) is 0 Å². The summed E-state index contributed by atoms with van der Waals surface area (Å²) < 4.78 is 13.6. The molecule has 0 aliphatic heterocycles. The summed E-state index contributed by atoms with van der Waals surface area (Å²) in [7, 11) is 0. The van der Waals surface area contributed by atoms with Gasteiger partial charge in [-0.2, -0.15) is 0 Å². The van der Waals surface area contributed by atoms with Crippen molar-refractivity contribution in [2.24, 2.45) is 0 Å². The molecular formula is C10H7FIN3OS. The van der Waals surface area contributed by atoms with Crippen LogP contribution in [0.4, 0.5) is 15.2 Å². The molecule has 0 saturated heterocycles. The largest absolute Gasteiger partial charge is 0.375 e. The minimum absolute atomic E-state index is 0.229. The van der Waals surface area contributed by atoms with Crippen molar-refractivity contribution in [1.82, 2.24) is 4.98 Å². The van der Waals surface area contributed by atoms with Crippen LogP contribution in [0.25, 0.3) is 0 Å². The van der Waals surface area contributed by atoms with Crippen LogP contribution in [0.15, 0.2) is 23.6 Å². The summed E-state index contributed by atoms with van der Waals surface area (Å²) in [5, 5.41) is 4.46. The van der Waals surface area contributed by atoms with E-state index in [0.29, 0.717) is 14.4 Å². The molecule has 7 heteroatoms. The van der Waals surface area contributed by atoms with Gasteiger partial charge < -0.3 is 11.1 Å². The second-order valence-corrected chi connectivity index (χ2v) is 5.09. The van der Waals surface area contributed by atoms with E-state index in [2.05, 4.69) is 10.3 Å². The van der Waals surface area contributed by atoms with Crippen molar-refractivity contribution in [3.8, 4) is 0 Å². The fourth-order valence-electron chi connectivity index (χ4n) is 1.18. The molecule has 0 aliphatic rings. The minimum Gasteiger partial charge on any atom is -0.375 e. The van der Waals surface area contributed by atoms with E-state index < -0.39 is 5.91 Å². The molecule has 1 aromatic heterocycles. The molecular weight excluding hydrogens is 356 g/mol. The average molecular weight is 363 g/mol. The molecule has 0 unspecified atom stereocenters. The van der Waals surface area contributed by atoms with Gasteiger partial charge in [-0.25, -0.2) is 9.37 Å².